The van der Waals surface area contributed by atoms with E-state index in [-0.39, 0.29) is 36.0 Å². The summed E-state index contributed by atoms with van der Waals surface area (Å²) >= 11 is 0. The molecule has 0 bridgehead atoms. The van der Waals surface area contributed by atoms with Gasteiger partial charge in [-0.05, 0) is 33.1 Å². The van der Waals surface area contributed by atoms with Crippen molar-refractivity contribution in [1.29, 1.82) is 0 Å². The van der Waals surface area contributed by atoms with Crippen LogP contribution in [0.1, 0.15) is 34.1 Å². The van der Waals surface area contributed by atoms with Gasteiger partial charge in [0.1, 0.15) is 5.60 Å². The molecule has 0 radical (unpaired) electrons. The van der Waals surface area contributed by atoms with Crippen LogP contribution in [-0.2, 0) is 14.2 Å². The largest absolute Gasteiger partial charge is 0.444 e. The summed E-state index contributed by atoms with van der Waals surface area (Å²) in [4.78, 5) is 17.8. The molecule has 0 aliphatic carbocycles. The number of halogens is 1. The Morgan fingerprint density at radius 2 is 1.85 bits per heavy atom. The summed E-state index contributed by atoms with van der Waals surface area (Å²) in [6.07, 6.45) is 0.585. The van der Waals surface area contributed by atoms with Crippen LogP contribution in [0.15, 0.2) is 4.99 Å². The molecule has 0 aromatic rings. The number of carbonyl (C=O) groups is 1. The Bertz CT molecular complexity index is 417. The van der Waals surface area contributed by atoms with E-state index in [4.69, 9.17) is 14.2 Å². The zero-order valence-electron chi connectivity index (χ0n) is 18.0. The zero-order valence-corrected chi connectivity index (χ0v) is 20.3. The third-order valence-electron chi connectivity index (χ3n) is 3.32. The lowest BCUT2D eigenvalue weighted by molar-refractivity contribution is 0.0278. The van der Waals surface area contributed by atoms with Gasteiger partial charge in [-0.25, -0.2) is 4.79 Å². The molecule has 1 atom stereocenters. The van der Waals surface area contributed by atoms with Crippen molar-refractivity contribution in [2.45, 2.75) is 39.7 Å². The predicted molar refractivity (Wildman–Crippen MR) is 120 cm³/mol. The van der Waals surface area contributed by atoms with Gasteiger partial charge < -0.3 is 29.7 Å². The van der Waals surface area contributed by atoms with Gasteiger partial charge in [0.2, 0.25) is 0 Å². The van der Waals surface area contributed by atoms with Crippen LogP contribution in [0.2, 0.25) is 0 Å². The summed E-state index contributed by atoms with van der Waals surface area (Å²) < 4.78 is 15.7. The van der Waals surface area contributed by atoms with E-state index in [2.05, 4.69) is 22.5 Å². The van der Waals surface area contributed by atoms with Gasteiger partial charge >= 0.3 is 6.09 Å². The van der Waals surface area contributed by atoms with Crippen LogP contribution in [0.5, 0.6) is 0 Å². The van der Waals surface area contributed by atoms with E-state index in [1.54, 1.807) is 26.1 Å². The van der Waals surface area contributed by atoms with E-state index < -0.39 is 5.60 Å². The number of carbonyl (C=O) groups excluding carboxylic acids is 1. The lowest BCUT2D eigenvalue weighted by Gasteiger charge is -2.26. The van der Waals surface area contributed by atoms with E-state index in [9.17, 15) is 4.79 Å². The topological polar surface area (TPSA) is 84.4 Å². The van der Waals surface area contributed by atoms with Crippen LogP contribution in [0.3, 0.4) is 0 Å². The number of amides is 1. The molecule has 0 saturated heterocycles. The van der Waals surface area contributed by atoms with Gasteiger partial charge in [-0.2, -0.15) is 0 Å². The molecule has 0 rings (SSSR count). The van der Waals surface area contributed by atoms with Crippen LogP contribution in [0, 0.1) is 5.92 Å². The number of hydrogen-bond acceptors (Lipinski definition) is 5. The van der Waals surface area contributed by atoms with Crippen LogP contribution in [0.4, 0.5) is 4.79 Å². The molecule has 8 nitrogen and oxygen atoms in total. The van der Waals surface area contributed by atoms with Gasteiger partial charge in [0.25, 0.3) is 0 Å². The van der Waals surface area contributed by atoms with Crippen LogP contribution in [0.25, 0.3) is 0 Å². The van der Waals surface area contributed by atoms with Gasteiger partial charge in [0.15, 0.2) is 5.96 Å². The van der Waals surface area contributed by atoms with Gasteiger partial charge in [0.05, 0.1) is 13.2 Å². The third kappa shape index (κ3) is 17.0. The summed E-state index contributed by atoms with van der Waals surface area (Å²) in [5.74, 6) is 0.997. The van der Waals surface area contributed by atoms with Gasteiger partial charge in [-0.15, -0.1) is 24.0 Å². The minimum atomic E-state index is -0.480. The fourth-order valence-corrected chi connectivity index (χ4v) is 2.06. The molecule has 0 aliphatic rings. The number of ether oxygens (including phenoxy) is 3. The Morgan fingerprint density at radius 1 is 1.19 bits per heavy atom. The molecule has 0 aromatic heterocycles. The van der Waals surface area contributed by atoms with Crippen molar-refractivity contribution in [1.82, 2.24) is 15.5 Å². The smallest absolute Gasteiger partial charge is 0.410 e. The molecule has 0 saturated carbocycles. The first kappa shape index (κ1) is 28.4. The maximum absolute atomic E-state index is 12.0. The number of nitrogens with zero attached hydrogens (tertiary/aromatic N) is 2. The van der Waals surface area contributed by atoms with Crippen molar-refractivity contribution >= 4 is 36.0 Å². The molecular formula is C18H39IN4O4. The predicted octanol–water partition coefficient (Wildman–Crippen LogP) is 2.33. The molecule has 9 heteroatoms. The number of nitrogens with one attached hydrogen (secondary N) is 2. The minimum Gasteiger partial charge on any atom is -0.444 e. The number of aliphatic imine (C=N–C) groups is 1. The van der Waals surface area contributed by atoms with Crippen molar-refractivity contribution in [3.05, 3.63) is 0 Å². The Labute approximate surface area is 181 Å². The standard InChI is InChI=1S/C18H38N4O4.HI/c1-15(14-22(6)17(23)26-18(2,3)4)13-21-16(19-5)20-9-8-10-25-12-11-24-7;/h15H,8-14H2,1-7H3,(H2,19,20,21);1H. The van der Waals surface area contributed by atoms with E-state index in [0.29, 0.717) is 32.9 Å². The van der Waals surface area contributed by atoms with Crippen molar-refractivity contribution < 1.29 is 19.0 Å². The normalized spacial score (nSPS) is 12.8. The number of methoxy groups -OCH3 is 1. The Hall–Kier alpha value is -0.810. The van der Waals surface area contributed by atoms with Gasteiger partial charge in [-0.3, -0.25) is 4.99 Å². The average molecular weight is 502 g/mol. The van der Waals surface area contributed by atoms with Crippen molar-refractivity contribution in [2.24, 2.45) is 10.9 Å². The fourth-order valence-electron chi connectivity index (χ4n) is 2.06. The molecule has 0 heterocycles. The number of rotatable bonds is 11. The van der Waals surface area contributed by atoms with E-state index in [0.717, 1.165) is 18.9 Å². The van der Waals surface area contributed by atoms with Crippen molar-refractivity contribution in [2.75, 3.05) is 60.7 Å². The Balaban J connectivity index is 0. The summed E-state index contributed by atoms with van der Waals surface area (Å²) in [6, 6.07) is 0. The molecule has 1 unspecified atom stereocenters. The molecule has 27 heavy (non-hydrogen) atoms. The second kappa shape index (κ2) is 16.2. The zero-order chi connectivity index (χ0) is 20.0. The maximum atomic E-state index is 12.0. The maximum Gasteiger partial charge on any atom is 0.410 e. The van der Waals surface area contributed by atoms with Crippen LogP contribution < -0.4 is 10.6 Å². The first-order valence-corrected chi connectivity index (χ1v) is 9.15. The number of hydrogen-bond donors (Lipinski definition) is 2. The lowest BCUT2D eigenvalue weighted by Crippen LogP contribution is -2.43. The summed E-state index contributed by atoms with van der Waals surface area (Å²) in [5.41, 5.74) is -0.480. The summed E-state index contributed by atoms with van der Waals surface area (Å²) in [5, 5.41) is 6.52. The lowest BCUT2D eigenvalue weighted by atomic mass is 10.1. The highest BCUT2D eigenvalue weighted by Crippen LogP contribution is 2.10. The molecule has 162 valence electrons. The molecule has 0 spiro atoms. The second-order valence-corrected chi connectivity index (χ2v) is 7.30. The SMILES string of the molecule is CN=C(NCCCOCCOC)NCC(C)CN(C)C(=O)OC(C)(C)C.I. The minimum absolute atomic E-state index is 0. The average Bonchev–Trinajstić information content (AvgIpc) is 2.55. The molecular weight excluding hydrogens is 463 g/mol. The van der Waals surface area contributed by atoms with E-state index in [1.165, 1.54) is 0 Å². The fraction of sp³-hybridized carbons (Fsp3) is 0.889. The third-order valence-corrected chi connectivity index (χ3v) is 3.32. The number of guanidine groups is 1. The molecule has 0 fully saturated rings. The first-order valence-electron chi connectivity index (χ1n) is 9.15. The molecule has 2 N–H and O–H groups in total. The van der Waals surface area contributed by atoms with E-state index in [1.807, 2.05) is 20.8 Å². The van der Waals surface area contributed by atoms with Crippen LogP contribution >= 0.6 is 24.0 Å². The Kier molecular flexibility index (Phi) is 17.0. The van der Waals surface area contributed by atoms with Crippen molar-refractivity contribution in [3.63, 3.8) is 0 Å². The second-order valence-electron chi connectivity index (χ2n) is 7.30. The first-order chi connectivity index (χ1) is 12.2. The molecule has 1 amide bonds. The molecule has 0 aliphatic heterocycles. The highest BCUT2D eigenvalue weighted by molar-refractivity contribution is 14.0. The van der Waals surface area contributed by atoms with E-state index >= 15 is 0 Å². The highest BCUT2D eigenvalue weighted by atomic mass is 127. The summed E-state index contributed by atoms with van der Waals surface area (Å²) in [7, 11) is 5.15. The quantitative estimate of drug-likeness (QED) is 0.195. The van der Waals surface area contributed by atoms with Crippen LogP contribution in [-0.4, -0.2) is 83.2 Å². The summed E-state index contributed by atoms with van der Waals surface area (Å²) in [6.45, 7) is 11.7. The highest BCUT2D eigenvalue weighted by Gasteiger charge is 2.20. The molecule has 0 aromatic carbocycles. The monoisotopic (exact) mass is 502 g/mol. The van der Waals surface area contributed by atoms with Gasteiger partial charge in [-0.1, -0.05) is 6.92 Å². The Morgan fingerprint density at radius 3 is 2.41 bits per heavy atom. The van der Waals surface area contributed by atoms with Crippen molar-refractivity contribution in [3.8, 4) is 0 Å². The van der Waals surface area contributed by atoms with Gasteiger partial charge in [0, 0.05) is 47.4 Å².